The van der Waals surface area contributed by atoms with Gasteiger partial charge in [-0.3, -0.25) is 5.41 Å². The zero-order valence-electron chi connectivity index (χ0n) is 6.86. The van der Waals surface area contributed by atoms with E-state index in [4.69, 9.17) is 16.4 Å². The van der Waals surface area contributed by atoms with Gasteiger partial charge >= 0.3 is 0 Å². The molecule has 3 N–H and O–H groups in total. The maximum Gasteiger partial charge on any atom is 0.132 e. The molecule has 0 saturated carbocycles. The molecule has 1 rings (SSSR count). The van der Waals surface area contributed by atoms with Crippen molar-refractivity contribution in [2.24, 2.45) is 10.7 Å². The Morgan fingerprint density at radius 1 is 1.62 bits per heavy atom. The summed E-state index contributed by atoms with van der Waals surface area (Å²) in [5.41, 5.74) is 6.70. The molecule has 0 aliphatic heterocycles. The lowest BCUT2D eigenvalue weighted by Gasteiger charge is -1.98. The molecule has 0 aliphatic rings. The molecular weight excluding hydrogens is 164 g/mol. The van der Waals surface area contributed by atoms with E-state index < -0.39 is 0 Å². The number of rotatable bonds is 2. The lowest BCUT2D eigenvalue weighted by Crippen LogP contribution is -2.13. The van der Waals surface area contributed by atoms with Crippen LogP contribution in [0.3, 0.4) is 0 Å². The predicted molar refractivity (Wildman–Crippen MR) is 50.7 cm³/mol. The van der Waals surface area contributed by atoms with Crippen molar-refractivity contribution in [1.29, 1.82) is 10.7 Å². The second-order valence-electron chi connectivity index (χ2n) is 2.34. The lowest BCUT2D eigenvalue weighted by molar-refractivity contribution is 1.45. The zero-order valence-corrected chi connectivity index (χ0v) is 6.86. The Morgan fingerprint density at radius 3 is 3.00 bits per heavy atom. The summed E-state index contributed by atoms with van der Waals surface area (Å²) in [4.78, 5) is 3.60. The molecule has 0 aliphatic carbocycles. The van der Waals surface area contributed by atoms with Crippen molar-refractivity contribution in [3.63, 3.8) is 0 Å². The van der Waals surface area contributed by atoms with Gasteiger partial charge in [0.2, 0.25) is 0 Å². The van der Waals surface area contributed by atoms with E-state index >= 15 is 0 Å². The maximum absolute atomic E-state index is 8.60. The van der Waals surface area contributed by atoms with Gasteiger partial charge < -0.3 is 5.73 Å². The summed E-state index contributed by atoms with van der Waals surface area (Å²) >= 11 is 0. The van der Waals surface area contributed by atoms with Gasteiger partial charge in [-0.2, -0.15) is 5.26 Å². The van der Waals surface area contributed by atoms with Crippen LogP contribution in [0.4, 0.5) is 0 Å². The van der Waals surface area contributed by atoms with Gasteiger partial charge in [0.15, 0.2) is 0 Å². The number of aliphatic imine (C=N–C) groups is 1. The van der Waals surface area contributed by atoms with Crippen LogP contribution in [0.5, 0.6) is 0 Å². The van der Waals surface area contributed by atoms with Gasteiger partial charge in [0.05, 0.1) is 11.6 Å². The Morgan fingerprint density at radius 2 is 2.38 bits per heavy atom. The average molecular weight is 172 g/mol. The highest BCUT2D eigenvalue weighted by molar-refractivity contribution is 6.01. The standard InChI is InChI=1S/C9H8N4/c10-5-7-2-1-3-8(4-7)9(12)13-6-11/h1-4,6H,(H3,11,12,13). The third-order valence-corrected chi connectivity index (χ3v) is 1.49. The molecule has 0 unspecified atom stereocenters. The molecule has 0 fully saturated rings. The molecule has 0 bridgehead atoms. The summed E-state index contributed by atoms with van der Waals surface area (Å²) in [7, 11) is 0. The number of hydrogen-bond donors (Lipinski definition) is 2. The number of benzene rings is 1. The maximum atomic E-state index is 8.60. The van der Waals surface area contributed by atoms with E-state index in [1.165, 1.54) is 0 Å². The van der Waals surface area contributed by atoms with Crippen molar-refractivity contribution in [2.75, 3.05) is 0 Å². The van der Waals surface area contributed by atoms with E-state index in [-0.39, 0.29) is 5.84 Å². The fraction of sp³-hybridized carbons (Fsp3) is 0. The van der Waals surface area contributed by atoms with E-state index in [1.807, 2.05) is 6.07 Å². The first kappa shape index (κ1) is 8.94. The van der Waals surface area contributed by atoms with Crippen LogP contribution in [-0.4, -0.2) is 12.2 Å². The van der Waals surface area contributed by atoms with Gasteiger partial charge in [0.1, 0.15) is 12.2 Å². The molecule has 0 amide bonds. The van der Waals surface area contributed by atoms with E-state index in [2.05, 4.69) is 4.99 Å². The van der Waals surface area contributed by atoms with Crippen molar-refractivity contribution >= 4 is 12.2 Å². The van der Waals surface area contributed by atoms with Gasteiger partial charge in [0, 0.05) is 5.56 Å². The van der Waals surface area contributed by atoms with Crippen LogP contribution in [0.1, 0.15) is 11.1 Å². The molecule has 0 saturated heterocycles. The first-order valence-corrected chi connectivity index (χ1v) is 3.60. The van der Waals surface area contributed by atoms with E-state index in [1.54, 1.807) is 24.3 Å². The van der Waals surface area contributed by atoms with Crippen LogP contribution in [0, 0.1) is 16.7 Å². The Labute approximate surface area is 75.8 Å². The van der Waals surface area contributed by atoms with Gasteiger partial charge in [-0.25, -0.2) is 4.99 Å². The molecule has 0 spiro atoms. The van der Waals surface area contributed by atoms with E-state index in [0.29, 0.717) is 11.1 Å². The molecule has 64 valence electrons. The van der Waals surface area contributed by atoms with Gasteiger partial charge in [-0.05, 0) is 12.1 Å². The highest BCUT2D eigenvalue weighted by atomic mass is 14.9. The summed E-state index contributed by atoms with van der Waals surface area (Å²) in [5, 5.41) is 15.3. The number of nitrogens with one attached hydrogen (secondary N) is 1. The zero-order chi connectivity index (χ0) is 9.68. The van der Waals surface area contributed by atoms with Crippen LogP contribution in [0.25, 0.3) is 0 Å². The Bertz CT molecular complexity index is 387. The Hall–Kier alpha value is -2.15. The largest absolute Gasteiger partial charge is 0.383 e. The summed E-state index contributed by atoms with van der Waals surface area (Å²) < 4.78 is 0. The summed E-state index contributed by atoms with van der Waals surface area (Å²) in [6, 6.07) is 8.77. The number of nitrogens with two attached hydrogens (primary N) is 1. The third-order valence-electron chi connectivity index (χ3n) is 1.49. The smallest absolute Gasteiger partial charge is 0.132 e. The monoisotopic (exact) mass is 172 g/mol. The fourth-order valence-electron chi connectivity index (χ4n) is 0.892. The van der Waals surface area contributed by atoms with Gasteiger partial charge in [0.25, 0.3) is 0 Å². The minimum Gasteiger partial charge on any atom is -0.383 e. The number of nitriles is 1. The number of amidine groups is 1. The van der Waals surface area contributed by atoms with Crippen LogP contribution in [0.15, 0.2) is 29.3 Å². The fourth-order valence-corrected chi connectivity index (χ4v) is 0.892. The number of hydrogen-bond acceptors (Lipinski definition) is 2. The predicted octanol–water partition coefficient (Wildman–Crippen LogP) is 0.871. The molecule has 1 aromatic rings. The van der Waals surface area contributed by atoms with Crippen molar-refractivity contribution in [3.8, 4) is 6.07 Å². The van der Waals surface area contributed by atoms with Crippen LogP contribution < -0.4 is 5.73 Å². The van der Waals surface area contributed by atoms with E-state index in [0.717, 1.165) is 6.34 Å². The summed E-state index contributed by atoms with van der Waals surface area (Å²) in [6.45, 7) is 0. The average Bonchev–Trinajstić information content (AvgIpc) is 2.18. The first-order chi connectivity index (χ1) is 6.27. The van der Waals surface area contributed by atoms with Gasteiger partial charge in [-0.15, -0.1) is 0 Å². The molecule has 1 aromatic carbocycles. The molecule has 0 aromatic heterocycles. The molecule has 0 radical (unpaired) electrons. The molecule has 4 nitrogen and oxygen atoms in total. The second-order valence-corrected chi connectivity index (χ2v) is 2.34. The number of nitrogens with zero attached hydrogens (tertiary/aromatic N) is 2. The topological polar surface area (TPSA) is 86.0 Å². The van der Waals surface area contributed by atoms with Crippen LogP contribution in [0.2, 0.25) is 0 Å². The molecular formula is C9H8N4. The SMILES string of the molecule is N#Cc1cccc(C(N)=NC=N)c1. The van der Waals surface area contributed by atoms with Crippen molar-refractivity contribution in [2.45, 2.75) is 0 Å². The Balaban J connectivity index is 3.10. The normalized spacial score (nSPS) is 10.5. The highest BCUT2D eigenvalue weighted by Crippen LogP contribution is 2.03. The first-order valence-electron chi connectivity index (χ1n) is 3.60. The minimum absolute atomic E-state index is 0.243. The highest BCUT2D eigenvalue weighted by Gasteiger charge is 1.97. The summed E-state index contributed by atoms with van der Waals surface area (Å²) in [6.07, 6.45) is 0.869. The molecule has 0 atom stereocenters. The quantitative estimate of drug-likeness (QED) is 0.512. The molecule has 4 heteroatoms. The van der Waals surface area contributed by atoms with Crippen molar-refractivity contribution in [1.82, 2.24) is 0 Å². The van der Waals surface area contributed by atoms with Crippen molar-refractivity contribution in [3.05, 3.63) is 35.4 Å². The van der Waals surface area contributed by atoms with Crippen molar-refractivity contribution < 1.29 is 0 Å². The van der Waals surface area contributed by atoms with E-state index in [9.17, 15) is 0 Å². The third kappa shape index (κ3) is 2.14. The minimum atomic E-state index is 0.243. The second kappa shape index (κ2) is 4.02. The Kier molecular flexibility index (Phi) is 2.77. The molecule has 0 heterocycles. The van der Waals surface area contributed by atoms with Gasteiger partial charge in [-0.1, -0.05) is 12.1 Å². The molecule has 13 heavy (non-hydrogen) atoms. The summed E-state index contributed by atoms with van der Waals surface area (Å²) in [5.74, 6) is 0.243. The lowest BCUT2D eigenvalue weighted by atomic mass is 10.1. The van der Waals surface area contributed by atoms with Crippen LogP contribution in [-0.2, 0) is 0 Å². The van der Waals surface area contributed by atoms with Crippen LogP contribution >= 0.6 is 0 Å².